The van der Waals surface area contributed by atoms with Crippen molar-refractivity contribution in [3.05, 3.63) is 63.3 Å². The second-order valence-electron chi connectivity index (χ2n) is 6.24. The normalized spacial score (nSPS) is 10.6. The van der Waals surface area contributed by atoms with E-state index in [-0.39, 0.29) is 5.78 Å². The molecule has 0 aliphatic heterocycles. The molecule has 0 N–H and O–H groups in total. The molecule has 0 atom stereocenters. The summed E-state index contributed by atoms with van der Waals surface area (Å²) in [5.41, 5.74) is 5.13. The third-order valence-electron chi connectivity index (χ3n) is 4.59. The number of hydrogen-bond acceptors (Lipinski definition) is 5. The Labute approximate surface area is 163 Å². The van der Waals surface area contributed by atoms with E-state index < -0.39 is 0 Å². The van der Waals surface area contributed by atoms with Crippen LogP contribution < -0.4 is 14.2 Å². The Bertz CT molecular complexity index is 963. The molecule has 0 saturated heterocycles. The van der Waals surface area contributed by atoms with E-state index in [0.717, 1.165) is 11.1 Å². The summed E-state index contributed by atoms with van der Waals surface area (Å²) in [6.07, 6.45) is 0. The Hall–Kier alpha value is -2.79. The Balaban J connectivity index is 1.97. The van der Waals surface area contributed by atoms with Crippen molar-refractivity contribution in [3.63, 3.8) is 0 Å². The van der Waals surface area contributed by atoms with Crippen molar-refractivity contribution < 1.29 is 19.0 Å². The van der Waals surface area contributed by atoms with E-state index in [1.165, 1.54) is 43.8 Å². The van der Waals surface area contributed by atoms with Gasteiger partial charge in [-0.3, -0.25) is 4.79 Å². The number of hydrogen-bond donors (Lipinski definition) is 0. The van der Waals surface area contributed by atoms with Crippen molar-refractivity contribution in [2.75, 3.05) is 21.3 Å². The summed E-state index contributed by atoms with van der Waals surface area (Å²) < 4.78 is 16.0. The van der Waals surface area contributed by atoms with Gasteiger partial charge in [0, 0.05) is 5.56 Å². The molecule has 5 heteroatoms. The van der Waals surface area contributed by atoms with Crippen LogP contribution in [0.25, 0.3) is 11.1 Å². The van der Waals surface area contributed by atoms with Crippen LogP contribution in [0.4, 0.5) is 0 Å². The Morgan fingerprint density at radius 3 is 2.04 bits per heavy atom. The van der Waals surface area contributed by atoms with Crippen LogP contribution in [0.15, 0.2) is 41.8 Å². The summed E-state index contributed by atoms with van der Waals surface area (Å²) in [6, 6.07) is 11.6. The fourth-order valence-corrected chi connectivity index (χ4v) is 3.76. The average molecular weight is 382 g/mol. The van der Waals surface area contributed by atoms with Gasteiger partial charge in [0.2, 0.25) is 11.5 Å². The lowest BCUT2D eigenvalue weighted by Gasteiger charge is -2.13. The van der Waals surface area contributed by atoms with Crippen LogP contribution in [0.1, 0.15) is 26.4 Å². The molecular formula is C22H22O4S. The maximum absolute atomic E-state index is 13.0. The van der Waals surface area contributed by atoms with E-state index in [9.17, 15) is 4.79 Å². The smallest absolute Gasteiger partial charge is 0.203 e. The second-order valence-corrected chi connectivity index (χ2v) is 7.15. The largest absolute Gasteiger partial charge is 0.493 e. The minimum absolute atomic E-state index is 0.0747. The molecule has 0 unspecified atom stereocenters. The summed E-state index contributed by atoms with van der Waals surface area (Å²) in [5.74, 6) is 1.32. The van der Waals surface area contributed by atoms with E-state index >= 15 is 0 Å². The number of ketones is 1. The maximum Gasteiger partial charge on any atom is 0.203 e. The molecule has 0 radical (unpaired) electrons. The van der Waals surface area contributed by atoms with E-state index in [4.69, 9.17) is 14.2 Å². The predicted octanol–water partition coefficient (Wildman–Crippen LogP) is 5.29. The van der Waals surface area contributed by atoms with E-state index in [1.807, 2.05) is 11.4 Å². The zero-order valence-corrected chi connectivity index (χ0v) is 16.9. The second kappa shape index (κ2) is 7.84. The van der Waals surface area contributed by atoms with Gasteiger partial charge in [0.1, 0.15) is 0 Å². The highest BCUT2D eigenvalue weighted by atomic mass is 32.1. The zero-order chi connectivity index (χ0) is 19.6. The molecule has 27 heavy (non-hydrogen) atoms. The highest BCUT2D eigenvalue weighted by Crippen LogP contribution is 2.39. The summed E-state index contributed by atoms with van der Waals surface area (Å²) in [4.78, 5) is 13.7. The molecule has 0 aliphatic rings. The van der Waals surface area contributed by atoms with Crippen molar-refractivity contribution in [3.8, 4) is 28.4 Å². The van der Waals surface area contributed by atoms with Gasteiger partial charge in [0.05, 0.1) is 26.2 Å². The van der Waals surface area contributed by atoms with Crippen LogP contribution in [0.2, 0.25) is 0 Å². The zero-order valence-electron chi connectivity index (χ0n) is 16.1. The topological polar surface area (TPSA) is 44.8 Å². The number of ether oxygens (including phenoxy) is 3. The molecule has 0 amide bonds. The van der Waals surface area contributed by atoms with Gasteiger partial charge in [-0.25, -0.2) is 0 Å². The maximum atomic E-state index is 13.0. The molecule has 1 aromatic heterocycles. The Morgan fingerprint density at radius 2 is 1.48 bits per heavy atom. The molecule has 0 spiro atoms. The minimum Gasteiger partial charge on any atom is -0.493 e. The molecule has 3 aromatic rings. The standard InChI is InChI=1S/C22H22O4S/c1-13-6-7-15(8-14(13)2)17-11-20(27-12-17)21(23)16-9-18(24-3)22(26-5)19(10-16)25-4/h6-12H,1-5H3. The van der Waals surface area contributed by atoms with Crippen molar-refractivity contribution in [2.24, 2.45) is 0 Å². The number of carbonyl (C=O) groups is 1. The SMILES string of the molecule is COc1cc(C(=O)c2cc(-c3ccc(C)c(C)c3)cs2)cc(OC)c1OC. The fourth-order valence-electron chi connectivity index (χ4n) is 2.88. The molecule has 4 nitrogen and oxygen atoms in total. The van der Waals surface area contributed by atoms with Gasteiger partial charge >= 0.3 is 0 Å². The van der Waals surface area contributed by atoms with Crippen molar-refractivity contribution >= 4 is 17.1 Å². The first kappa shape index (κ1) is 19.0. The van der Waals surface area contributed by atoms with E-state index in [2.05, 4.69) is 32.0 Å². The number of methoxy groups -OCH3 is 3. The minimum atomic E-state index is -0.0747. The van der Waals surface area contributed by atoms with Crippen molar-refractivity contribution in [1.82, 2.24) is 0 Å². The Kier molecular flexibility index (Phi) is 5.51. The van der Waals surface area contributed by atoms with Crippen molar-refractivity contribution in [2.45, 2.75) is 13.8 Å². The molecule has 140 valence electrons. The van der Waals surface area contributed by atoms with Gasteiger partial charge in [-0.2, -0.15) is 0 Å². The van der Waals surface area contributed by atoms with Crippen LogP contribution in [-0.2, 0) is 0 Å². The van der Waals surface area contributed by atoms with Gasteiger partial charge in [-0.15, -0.1) is 11.3 Å². The first-order valence-corrected chi connectivity index (χ1v) is 9.37. The summed E-state index contributed by atoms with van der Waals surface area (Å²) >= 11 is 1.43. The van der Waals surface area contributed by atoms with Crippen LogP contribution in [0.3, 0.4) is 0 Å². The quantitative estimate of drug-likeness (QED) is 0.544. The summed E-state index contributed by atoms with van der Waals surface area (Å²) in [6.45, 7) is 4.18. The third kappa shape index (κ3) is 3.69. The molecule has 1 heterocycles. The lowest BCUT2D eigenvalue weighted by atomic mass is 10.0. The highest BCUT2D eigenvalue weighted by molar-refractivity contribution is 7.12. The van der Waals surface area contributed by atoms with Crippen LogP contribution >= 0.6 is 11.3 Å². The molecule has 0 fully saturated rings. The van der Waals surface area contributed by atoms with Crippen LogP contribution in [-0.4, -0.2) is 27.1 Å². The van der Waals surface area contributed by atoms with Gasteiger partial charge in [0.15, 0.2) is 11.5 Å². The monoisotopic (exact) mass is 382 g/mol. The molecule has 0 aliphatic carbocycles. The van der Waals surface area contributed by atoms with Crippen molar-refractivity contribution in [1.29, 1.82) is 0 Å². The van der Waals surface area contributed by atoms with Gasteiger partial charge in [-0.1, -0.05) is 18.2 Å². The van der Waals surface area contributed by atoms with Gasteiger partial charge in [0.25, 0.3) is 0 Å². The number of rotatable bonds is 6. The third-order valence-corrected chi connectivity index (χ3v) is 5.52. The Morgan fingerprint density at radius 1 is 0.815 bits per heavy atom. The molecule has 0 saturated carbocycles. The predicted molar refractivity (Wildman–Crippen MR) is 109 cm³/mol. The fraction of sp³-hybridized carbons (Fsp3) is 0.227. The average Bonchev–Trinajstić information content (AvgIpc) is 3.18. The molecule has 3 rings (SSSR count). The van der Waals surface area contributed by atoms with E-state index in [0.29, 0.717) is 27.7 Å². The number of carbonyl (C=O) groups excluding carboxylic acids is 1. The lowest BCUT2D eigenvalue weighted by molar-refractivity contribution is 0.104. The number of thiophene rings is 1. The number of benzene rings is 2. The number of aryl methyl sites for hydroxylation is 2. The summed E-state index contributed by atoms with van der Waals surface area (Å²) in [7, 11) is 4.61. The van der Waals surface area contributed by atoms with Gasteiger partial charge < -0.3 is 14.2 Å². The highest BCUT2D eigenvalue weighted by Gasteiger charge is 2.19. The van der Waals surface area contributed by atoms with E-state index in [1.54, 1.807) is 12.1 Å². The molecular weight excluding hydrogens is 360 g/mol. The van der Waals surface area contributed by atoms with Gasteiger partial charge in [-0.05, 0) is 59.7 Å². The lowest BCUT2D eigenvalue weighted by Crippen LogP contribution is -2.02. The van der Waals surface area contributed by atoms with Crippen LogP contribution in [0.5, 0.6) is 17.2 Å². The molecule has 2 aromatic carbocycles. The summed E-state index contributed by atoms with van der Waals surface area (Å²) in [5, 5.41) is 2.01. The van der Waals surface area contributed by atoms with Crippen LogP contribution in [0, 0.1) is 13.8 Å². The molecule has 0 bridgehead atoms. The first-order valence-electron chi connectivity index (χ1n) is 8.49. The first-order chi connectivity index (χ1) is 13.0.